The molecular weight excluding hydrogens is 354 g/mol. The van der Waals surface area contributed by atoms with Crippen molar-refractivity contribution in [2.24, 2.45) is 0 Å². The molecule has 0 radical (unpaired) electrons. The van der Waals surface area contributed by atoms with Crippen molar-refractivity contribution in [1.82, 2.24) is 4.72 Å². The summed E-state index contributed by atoms with van der Waals surface area (Å²) in [7, 11) is -2.88. The molecule has 1 aromatic rings. The molecule has 0 amide bonds. The number of aromatic carboxylic acids is 1. The first-order chi connectivity index (χ1) is 9.19. The second-order valence-electron chi connectivity index (χ2n) is 3.78. The number of hydrogen-bond acceptors (Lipinski definition) is 5. The van der Waals surface area contributed by atoms with E-state index >= 15 is 0 Å². The van der Waals surface area contributed by atoms with E-state index in [2.05, 4.69) is 20.7 Å². The fourth-order valence-electron chi connectivity index (χ4n) is 1.34. The lowest BCUT2D eigenvalue weighted by atomic mass is 10.1. The number of methoxy groups -OCH3 is 1. The summed E-state index contributed by atoms with van der Waals surface area (Å²) < 4.78 is 30.6. The van der Waals surface area contributed by atoms with Gasteiger partial charge in [0, 0.05) is 4.47 Å². The molecule has 7 nitrogen and oxygen atoms in total. The van der Waals surface area contributed by atoms with E-state index < -0.39 is 28.5 Å². The van der Waals surface area contributed by atoms with Crippen LogP contribution in [0.5, 0.6) is 0 Å². The van der Waals surface area contributed by atoms with Gasteiger partial charge in [-0.15, -0.1) is 0 Å². The molecule has 0 aliphatic heterocycles. The van der Waals surface area contributed by atoms with Gasteiger partial charge in [0.15, 0.2) is 0 Å². The molecule has 110 valence electrons. The van der Waals surface area contributed by atoms with Gasteiger partial charge in [-0.3, -0.25) is 4.79 Å². The van der Waals surface area contributed by atoms with Crippen molar-refractivity contribution in [1.29, 1.82) is 0 Å². The van der Waals surface area contributed by atoms with Crippen molar-refractivity contribution in [2.75, 3.05) is 13.7 Å². The van der Waals surface area contributed by atoms with Crippen LogP contribution in [0.3, 0.4) is 0 Å². The molecule has 0 atom stereocenters. The largest absolute Gasteiger partial charge is 0.478 e. The van der Waals surface area contributed by atoms with Crippen LogP contribution in [0.1, 0.15) is 15.9 Å². The maximum Gasteiger partial charge on any atom is 0.336 e. The maximum atomic E-state index is 12.0. The fraction of sp³-hybridized carbons (Fsp3) is 0.273. The first-order valence-electron chi connectivity index (χ1n) is 5.29. The van der Waals surface area contributed by atoms with Crippen LogP contribution < -0.4 is 4.72 Å². The minimum absolute atomic E-state index is 0.141. The highest BCUT2D eigenvalue weighted by Gasteiger charge is 2.20. The van der Waals surface area contributed by atoms with Crippen LogP contribution in [0.4, 0.5) is 0 Å². The first-order valence-corrected chi connectivity index (χ1v) is 7.56. The van der Waals surface area contributed by atoms with Crippen molar-refractivity contribution in [3.8, 4) is 0 Å². The standard InChI is InChI=1S/C11H12BrNO6S/c1-6-8(11(15)16)3-7(4-9(6)12)20(17,18)13-5-10(14)19-2/h3-4,13H,5H2,1-2H3,(H,15,16). The summed E-state index contributed by atoms with van der Waals surface area (Å²) in [5, 5.41) is 9.03. The van der Waals surface area contributed by atoms with Crippen LogP contribution in [0.15, 0.2) is 21.5 Å². The molecule has 0 aliphatic rings. The quantitative estimate of drug-likeness (QED) is 0.750. The van der Waals surface area contributed by atoms with Gasteiger partial charge in [0.25, 0.3) is 0 Å². The van der Waals surface area contributed by atoms with E-state index in [-0.39, 0.29) is 10.5 Å². The Bertz CT molecular complexity index is 655. The molecule has 0 aliphatic carbocycles. The van der Waals surface area contributed by atoms with Crippen molar-refractivity contribution in [2.45, 2.75) is 11.8 Å². The molecule has 0 aromatic heterocycles. The van der Waals surface area contributed by atoms with Gasteiger partial charge in [-0.2, -0.15) is 4.72 Å². The van der Waals surface area contributed by atoms with E-state index in [0.29, 0.717) is 10.0 Å². The number of carbonyl (C=O) groups is 2. The number of rotatable bonds is 5. The van der Waals surface area contributed by atoms with Gasteiger partial charge in [0.05, 0.1) is 17.6 Å². The minimum atomic E-state index is -4.00. The minimum Gasteiger partial charge on any atom is -0.478 e. The zero-order valence-electron chi connectivity index (χ0n) is 10.6. The Hall–Kier alpha value is -1.45. The molecular formula is C11H12BrNO6S. The summed E-state index contributed by atoms with van der Waals surface area (Å²) in [6.07, 6.45) is 0. The van der Waals surface area contributed by atoms with E-state index in [1.165, 1.54) is 6.07 Å². The van der Waals surface area contributed by atoms with Gasteiger partial charge in [-0.25, -0.2) is 13.2 Å². The SMILES string of the molecule is COC(=O)CNS(=O)(=O)c1cc(Br)c(C)c(C(=O)O)c1. The molecule has 0 spiro atoms. The van der Waals surface area contributed by atoms with Crippen molar-refractivity contribution < 1.29 is 27.9 Å². The Morgan fingerprint density at radius 1 is 1.40 bits per heavy atom. The molecule has 0 heterocycles. The van der Waals surface area contributed by atoms with Crippen LogP contribution in [0.25, 0.3) is 0 Å². The van der Waals surface area contributed by atoms with E-state index in [1.807, 2.05) is 4.72 Å². The summed E-state index contributed by atoms with van der Waals surface area (Å²) >= 11 is 3.10. The second-order valence-corrected chi connectivity index (χ2v) is 6.40. The number of esters is 1. The first kappa shape index (κ1) is 16.6. The smallest absolute Gasteiger partial charge is 0.336 e. The summed E-state index contributed by atoms with van der Waals surface area (Å²) in [5.74, 6) is -1.99. The number of carboxylic acid groups (broad SMARTS) is 1. The van der Waals surface area contributed by atoms with E-state index in [4.69, 9.17) is 5.11 Å². The Balaban J connectivity index is 3.19. The highest BCUT2D eigenvalue weighted by Crippen LogP contribution is 2.24. The molecule has 0 saturated heterocycles. The lowest BCUT2D eigenvalue weighted by Crippen LogP contribution is -2.30. The van der Waals surface area contributed by atoms with Crippen molar-refractivity contribution in [3.05, 3.63) is 27.7 Å². The number of nitrogens with one attached hydrogen (secondary N) is 1. The summed E-state index contributed by atoms with van der Waals surface area (Å²) in [5.41, 5.74) is 0.266. The topological polar surface area (TPSA) is 110 Å². The molecule has 0 bridgehead atoms. The third kappa shape index (κ3) is 3.78. The number of sulfonamides is 1. The van der Waals surface area contributed by atoms with Crippen LogP contribution in [-0.2, 0) is 19.6 Å². The molecule has 1 rings (SSSR count). The number of hydrogen-bond donors (Lipinski definition) is 2. The lowest BCUT2D eigenvalue weighted by Gasteiger charge is -2.10. The number of halogens is 1. The van der Waals surface area contributed by atoms with Gasteiger partial charge in [-0.1, -0.05) is 15.9 Å². The van der Waals surface area contributed by atoms with Gasteiger partial charge in [0.1, 0.15) is 6.54 Å². The molecule has 9 heteroatoms. The molecule has 2 N–H and O–H groups in total. The van der Waals surface area contributed by atoms with Crippen LogP contribution in [0.2, 0.25) is 0 Å². The third-order valence-corrected chi connectivity index (χ3v) is 4.70. The monoisotopic (exact) mass is 365 g/mol. The zero-order valence-corrected chi connectivity index (χ0v) is 13.0. The van der Waals surface area contributed by atoms with Crippen LogP contribution >= 0.6 is 15.9 Å². The number of carboxylic acids is 1. The van der Waals surface area contributed by atoms with Gasteiger partial charge in [0.2, 0.25) is 10.0 Å². The molecule has 0 unspecified atom stereocenters. The van der Waals surface area contributed by atoms with E-state index in [0.717, 1.165) is 13.2 Å². The average Bonchev–Trinajstić information content (AvgIpc) is 2.38. The highest BCUT2D eigenvalue weighted by molar-refractivity contribution is 9.10. The van der Waals surface area contributed by atoms with Gasteiger partial charge >= 0.3 is 11.9 Å². The number of carbonyl (C=O) groups excluding carboxylic acids is 1. The Kier molecular flexibility index (Phi) is 5.26. The predicted octanol–water partition coefficient (Wildman–Crippen LogP) is 0.907. The average molecular weight is 366 g/mol. The Labute approximate surface area is 124 Å². The van der Waals surface area contributed by atoms with Gasteiger partial charge < -0.3 is 9.84 Å². The van der Waals surface area contributed by atoms with Gasteiger partial charge in [-0.05, 0) is 24.6 Å². The maximum absolute atomic E-state index is 12.0. The predicted molar refractivity (Wildman–Crippen MR) is 73.0 cm³/mol. The molecule has 20 heavy (non-hydrogen) atoms. The van der Waals surface area contributed by atoms with Crippen LogP contribution in [0, 0.1) is 6.92 Å². The lowest BCUT2D eigenvalue weighted by molar-refractivity contribution is -0.139. The van der Waals surface area contributed by atoms with Crippen molar-refractivity contribution >= 4 is 37.9 Å². The number of ether oxygens (including phenoxy) is 1. The second kappa shape index (κ2) is 6.33. The fourth-order valence-corrected chi connectivity index (χ4v) is 2.97. The van der Waals surface area contributed by atoms with E-state index in [9.17, 15) is 18.0 Å². The zero-order chi connectivity index (χ0) is 15.5. The molecule has 1 aromatic carbocycles. The summed E-state index contributed by atoms with van der Waals surface area (Å²) in [4.78, 5) is 21.7. The third-order valence-electron chi connectivity index (χ3n) is 2.49. The normalized spacial score (nSPS) is 11.2. The number of benzene rings is 1. The molecule has 0 fully saturated rings. The van der Waals surface area contributed by atoms with Crippen LogP contribution in [-0.4, -0.2) is 39.1 Å². The molecule has 0 saturated carbocycles. The highest BCUT2D eigenvalue weighted by atomic mass is 79.9. The van der Waals surface area contributed by atoms with Crippen molar-refractivity contribution in [3.63, 3.8) is 0 Å². The Morgan fingerprint density at radius 3 is 2.50 bits per heavy atom. The van der Waals surface area contributed by atoms with E-state index in [1.54, 1.807) is 6.92 Å². The Morgan fingerprint density at radius 2 is 2.00 bits per heavy atom. The summed E-state index contributed by atoms with van der Waals surface area (Å²) in [6, 6.07) is 2.30. The summed E-state index contributed by atoms with van der Waals surface area (Å²) in [6.45, 7) is 1.01.